The van der Waals surface area contributed by atoms with Crippen LogP contribution in [-0.4, -0.2) is 44.4 Å². The van der Waals surface area contributed by atoms with Crippen molar-refractivity contribution in [3.05, 3.63) is 23.8 Å². The van der Waals surface area contributed by atoms with Crippen molar-refractivity contribution in [2.24, 2.45) is 10.9 Å². The van der Waals surface area contributed by atoms with Crippen LogP contribution >= 0.6 is 0 Å². The topological polar surface area (TPSA) is 75.1 Å². The third-order valence-corrected chi connectivity index (χ3v) is 3.99. The number of ether oxygens (including phenoxy) is 2. The lowest BCUT2D eigenvalue weighted by Gasteiger charge is -2.16. The van der Waals surface area contributed by atoms with E-state index in [-0.39, 0.29) is 6.54 Å². The molecule has 1 aliphatic carbocycles. The van der Waals surface area contributed by atoms with Gasteiger partial charge in [0, 0.05) is 18.2 Å². The number of nitrogens with one attached hydrogen (secondary N) is 2. The highest BCUT2D eigenvalue weighted by molar-refractivity contribution is 5.80. The third kappa shape index (κ3) is 4.76. The maximum Gasteiger partial charge on any atom is 0.191 e. The second-order valence-electron chi connectivity index (χ2n) is 5.81. The van der Waals surface area contributed by atoms with Crippen LogP contribution in [0.1, 0.15) is 31.9 Å². The average Bonchev–Trinajstić information content (AvgIpc) is 3.26. The molecule has 2 rings (SSSR count). The Labute approximate surface area is 137 Å². The van der Waals surface area contributed by atoms with Crippen LogP contribution in [0, 0.1) is 5.92 Å². The van der Waals surface area contributed by atoms with Crippen molar-refractivity contribution in [1.82, 2.24) is 10.6 Å². The molecule has 0 radical (unpaired) electrons. The predicted octanol–water partition coefficient (Wildman–Crippen LogP) is 1.70. The molecule has 0 aliphatic heterocycles. The van der Waals surface area contributed by atoms with Gasteiger partial charge in [0.1, 0.15) is 17.6 Å². The normalized spacial score (nSPS) is 21.5. The number of aliphatic hydroxyl groups excluding tert-OH is 1. The minimum atomic E-state index is -0.757. The number of methoxy groups -OCH3 is 2. The molecule has 1 fully saturated rings. The monoisotopic (exact) mass is 321 g/mol. The average molecular weight is 321 g/mol. The molecule has 0 saturated heterocycles. The van der Waals surface area contributed by atoms with Crippen LogP contribution in [0.5, 0.6) is 11.5 Å². The lowest BCUT2D eigenvalue weighted by molar-refractivity contribution is 0.182. The Bertz CT molecular complexity index is 548. The summed E-state index contributed by atoms with van der Waals surface area (Å²) in [5.41, 5.74) is 0.672. The quantitative estimate of drug-likeness (QED) is 0.526. The van der Waals surface area contributed by atoms with Gasteiger partial charge in [0.05, 0.1) is 20.8 Å². The minimum Gasteiger partial charge on any atom is -0.497 e. The van der Waals surface area contributed by atoms with Crippen LogP contribution in [-0.2, 0) is 0 Å². The standard InChI is InChI=1S/C17H27N3O3/c1-5-18-17(20-14-8-11(14)2)19-10-15(21)13-9-12(22-3)6-7-16(13)23-4/h6-7,9,11,14-15,21H,5,8,10H2,1-4H3,(H2,18,19,20). The maximum absolute atomic E-state index is 10.5. The highest BCUT2D eigenvalue weighted by Crippen LogP contribution is 2.30. The number of rotatable bonds is 7. The van der Waals surface area contributed by atoms with E-state index in [1.54, 1.807) is 32.4 Å². The van der Waals surface area contributed by atoms with Crippen molar-refractivity contribution in [2.45, 2.75) is 32.4 Å². The van der Waals surface area contributed by atoms with E-state index in [2.05, 4.69) is 22.5 Å². The van der Waals surface area contributed by atoms with Gasteiger partial charge in [-0.3, -0.25) is 4.99 Å². The van der Waals surface area contributed by atoms with Crippen molar-refractivity contribution in [3.63, 3.8) is 0 Å². The van der Waals surface area contributed by atoms with E-state index in [9.17, 15) is 5.11 Å². The zero-order chi connectivity index (χ0) is 16.8. The Morgan fingerprint density at radius 2 is 2.13 bits per heavy atom. The van der Waals surface area contributed by atoms with Crippen molar-refractivity contribution in [3.8, 4) is 11.5 Å². The van der Waals surface area contributed by atoms with Gasteiger partial charge in [0.2, 0.25) is 0 Å². The molecular formula is C17H27N3O3. The predicted molar refractivity (Wildman–Crippen MR) is 91.2 cm³/mol. The van der Waals surface area contributed by atoms with Crippen LogP contribution in [0.15, 0.2) is 23.2 Å². The Morgan fingerprint density at radius 1 is 1.39 bits per heavy atom. The zero-order valence-electron chi connectivity index (χ0n) is 14.3. The van der Waals surface area contributed by atoms with Crippen LogP contribution in [0.2, 0.25) is 0 Å². The summed E-state index contributed by atoms with van der Waals surface area (Å²) in [6, 6.07) is 5.85. The molecule has 6 nitrogen and oxygen atoms in total. The van der Waals surface area contributed by atoms with Crippen molar-refractivity contribution < 1.29 is 14.6 Å². The van der Waals surface area contributed by atoms with E-state index in [1.807, 2.05) is 6.92 Å². The van der Waals surface area contributed by atoms with Crippen LogP contribution < -0.4 is 20.1 Å². The molecule has 23 heavy (non-hydrogen) atoms. The summed E-state index contributed by atoms with van der Waals surface area (Å²) in [6.07, 6.45) is 0.406. The number of aliphatic imine (C=N–C) groups is 1. The van der Waals surface area contributed by atoms with Crippen molar-refractivity contribution in [2.75, 3.05) is 27.3 Å². The van der Waals surface area contributed by atoms with Gasteiger partial charge in [-0.1, -0.05) is 6.92 Å². The fraction of sp³-hybridized carbons (Fsp3) is 0.588. The first-order chi connectivity index (χ1) is 11.1. The zero-order valence-corrected chi connectivity index (χ0v) is 14.3. The summed E-state index contributed by atoms with van der Waals surface area (Å²) in [6.45, 7) is 5.26. The first-order valence-electron chi connectivity index (χ1n) is 8.03. The molecule has 0 heterocycles. The summed E-state index contributed by atoms with van der Waals surface area (Å²) < 4.78 is 10.5. The van der Waals surface area contributed by atoms with E-state index < -0.39 is 6.10 Å². The third-order valence-electron chi connectivity index (χ3n) is 3.99. The molecule has 128 valence electrons. The van der Waals surface area contributed by atoms with Gasteiger partial charge in [0.15, 0.2) is 5.96 Å². The largest absolute Gasteiger partial charge is 0.497 e. The van der Waals surface area contributed by atoms with E-state index in [1.165, 1.54) is 0 Å². The summed E-state index contributed by atoms with van der Waals surface area (Å²) in [5, 5.41) is 17.0. The number of aliphatic hydroxyl groups is 1. The molecular weight excluding hydrogens is 294 g/mol. The lowest BCUT2D eigenvalue weighted by atomic mass is 10.1. The molecule has 3 atom stereocenters. The summed E-state index contributed by atoms with van der Waals surface area (Å²) >= 11 is 0. The molecule has 0 bridgehead atoms. The van der Waals surface area contributed by atoms with E-state index in [0.29, 0.717) is 29.0 Å². The molecule has 0 amide bonds. The molecule has 0 spiro atoms. The number of hydrogen-bond acceptors (Lipinski definition) is 4. The summed E-state index contributed by atoms with van der Waals surface area (Å²) in [5.74, 6) is 2.73. The highest BCUT2D eigenvalue weighted by Gasteiger charge is 2.33. The molecule has 1 saturated carbocycles. The number of nitrogens with zero attached hydrogens (tertiary/aromatic N) is 1. The fourth-order valence-electron chi connectivity index (χ4n) is 2.39. The van der Waals surface area contributed by atoms with Gasteiger partial charge in [0.25, 0.3) is 0 Å². The van der Waals surface area contributed by atoms with Gasteiger partial charge in [-0.15, -0.1) is 0 Å². The van der Waals surface area contributed by atoms with Gasteiger partial charge < -0.3 is 25.2 Å². The van der Waals surface area contributed by atoms with E-state index >= 15 is 0 Å². The van der Waals surface area contributed by atoms with Crippen LogP contribution in [0.25, 0.3) is 0 Å². The fourth-order valence-corrected chi connectivity index (χ4v) is 2.39. The molecule has 3 N–H and O–H groups in total. The summed E-state index contributed by atoms with van der Waals surface area (Å²) in [7, 11) is 3.18. The van der Waals surface area contributed by atoms with Crippen LogP contribution in [0.4, 0.5) is 0 Å². The molecule has 1 aromatic rings. The number of hydrogen-bond donors (Lipinski definition) is 3. The van der Waals surface area contributed by atoms with E-state index in [4.69, 9.17) is 9.47 Å². The Hall–Kier alpha value is -1.95. The smallest absolute Gasteiger partial charge is 0.191 e. The van der Waals surface area contributed by atoms with Gasteiger partial charge in [-0.25, -0.2) is 0 Å². The Morgan fingerprint density at radius 3 is 2.70 bits per heavy atom. The maximum atomic E-state index is 10.5. The molecule has 1 aliphatic rings. The molecule has 3 unspecified atom stereocenters. The number of guanidine groups is 1. The Balaban J connectivity index is 2.06. The van der Waals surface area contributed by atoms with Gasteiger partial charge >= 0.3 is 0 Å². The minimum absolute atomic E-state index is 0.250. The SMILES string of the molecule is CCNC(=NCC(O)c1cc(OC)ccc1OC)NC1CC1C. The molecule has 0 aromatic heterocycles. The summed E-state index contributed by atoms with van der Waals surface area (Å²) in [4.78, 5) is 4.48. The van der Waals surface area contributed by atoms with Crippen molar-refractivity contribution in [1.29, 1.82) is 0 Å². The second-order valence-corrected chi connectivity index (χ2v) is 5.81. The van der Waals surface area contributed by atoms with Crippen molar-refractivity contribution >= 4 is 5.96 Å². The van der Waals surface area contributed by atoms with E-state index in [0.717, 1.165) is 18.9 Å². The van der Waals surface area contributed by atoms with Gasteiger partial charge in [-0.05, 0) is 37.5 Å². The second kappa shape index (κ2) is 8.06. The first-order valence-corrected chi connectivity index (χ1v) is 8.03. The van der Waals surface area contributed by atoms with Gasteiger partial charge in [-0.2, -0.15) is 0 Å². The molecule has 1 aromatic carbocycles. The first kappa shape index (κ1) is 17.4. The number of benzene rings is 1. The van der Waals surface area contributed by atoms with Crippen LogP contribution in [0.3, 0.4) is 0 Å². The highest BCUT2D eigenvalue weighted by atomic mass is 16.5. The lowest BCUT2D eigenvalue weighted by Crippen LogP contribution is -2.39. The Kier molecular flexibility index (Phi) is 6.10. The molecule has 6 heteroatoms.